The zero-order valence-corrected chi connectivity index (χ0v) is 11.9. The van der Waals surface area contributed by atoms with Gasteiger partial charge in [-0.25, -0.2) is 0 Å². The number of hydrogen-bond acceptors (Lipinski definition) is 4. The van der Waals surface area contributed by atoms with E-state index in [2.05, 4.69) is 10.9 Å². The molecule has 0 bridgehead atoms. The van der Waals surface area contributed by atoms with Crippen molar-refractivity contribution in [3.05, 3.63) is 60.2 Å². The van der Waals surface area contributed by atoms with E-state index < -0.39 is 0 Å². The lowest BCUT2D eigenvalue weighted by Crippen LogP contribution is -2.42. The Morgan fingerprint density at radius 1 is 0.952 bits per heavy atom. The first-order chi connectivity index (χ1) is 10.1. The van der Waals surface area contributed by atoms with Crippen LogP contribution in [0.2, 0.25) is 0 Å². The fourth-order valence-electron chi connectivity index (χ4n) is 1.52. The molecule has 6 heteroatoms. The summed E-state index contributed by atoms with van der Waals surface area (Å²) >= 11 is 1.31. The Balaban J connectivity index is 1.75. The fraction of sp³-hybridized carbons (Fsp3) is 0.0667. The van der Waals surface area contributed by atoms with Gasteiger partial charge in [0.05, 0.1) is 5.75 Å². The van der Waals surface area contributed by atoms with Gasteiger partial charge in [-0.2, -0.15) is 0 Å². The Bertz CT molecular complexity index is 615. The van der Waals surface area contributed by atoms with Crippen LogP contribution in [0.15, 0.2) is 59.5 Å². The number of carbonyl (C=O) groups excluding carboxylic acids is 2. The summed E-state index contributed by atoms with van der Waals surface area (Å²) in [6, 6.07) is 15.2. The molecule has 0 fully saturated rings. The molecule has 21 heavy (non-hydrogen) atoms. The molecule has 2 amide bonds. The molecule has 0 unspecified atom stereocenters. The van der Waals surface area contributed by atoms with Crippen LogP contribution in [0.1, 0.15) is 10.4 Å². The Kier molecular flexibility index (Phi) is 5.22. The Morgan fingerprint density at radius 3 is 2.29 bits per heavy atom. The highest BCUT2D eigenvalue weighted by Crippen LogP contribution is 2.20. The van der Waals surface area contributed by atoms with E-state index in [4.69, 9.17) is 5.11 Å². The maximum absolute atomic E-state index is 11.7. The number of benzene rings is 2. The second-order valence-corrected chi connectivity index (χ2v) is 5.20. The minimum Gasteiger partial charge on any atom is -0.508 e. The second kappa shape index (κ2) is 7.35. The monoisotopic (exact) mass is 302 g/mol. The molecular formula is C15H14N2O3S. The molecule has 0 aliphatic heterocycles. The minimum absolute atomic E-state index is 0.167. The van der Waals surface area contributed by atoms with E-state index in [-0.39, 0.29) is 23.3 Å². The number of hydrogen-bond donors (Lipinski definition) is 3. The molecule has 0 spiro atoms. The number of phenolic OH excluding ortho intramolecular Hbond substituents is 1. The summed E-state index contributed by atoms with van der Waals surface area (Å²) in [7, 11) is 0. The van der Waals surface area contributed by atoms with Gasteiger partial charge >= 0.3 is 0 Å². The Hall–Kier alpha value is -2.47. The molecule has 2 aromatic carbocycles. The quantitative estimate of drug-likeness (QED) is 0.596. The molecule has 0 heterocycles. The van der Waals surface area contributed by atoms with E-state index in [9.17, 15) is 9.59 Å². The lowest BCUT2D eigenvalue weighted by atomic mass is 10.2. The van der Waals surface area contributed by atoms with E-state index in [1.807, 2.05) is 6.07 Å². The SMILES string of the molecule is O=C(CSc1ccc(O)cc1)NNC(=O)c1ccccc1. The third kappa shape index (κ3) is 4.85. The van der Waals surface area contributed by atoms with Crippen LogP contribution < -0.4 is 10.9 Å². The second-order valence-electron chi connectivity index (χ2n) is 4.15. The van der Waals surface area contributed by atoms with Crippen molar-refractivity contribution in [3.8, 4) is 5.75 Å². The molecule has 0 atom stereocenters. The molecule has 0 radical (unpaired) electrons. The van der Waals surface area contributed by atoms with Crippen molar-refractivity contribution in [2.24, 2.45) is 0 Å². The van der Waals surface area contributed by atoms with Crippen molar-refractivity contribution in [1.82, 2.24) is 10.9 Å². The third-order valence-electron chi connectivity index (χ3n) is 2.56. The lowest BCUT2D eigenvalue weighted by Gasteiger charge is -2.07. The predicted octanol–water partition coefficient (Wildman–Crippen LogP) is 1.95. The van der Waals surface area contributed by atoms with Crippen molar-refractivity contribution in [1.29, 1.82) is 0 Å². The standard InChI is InChI=1S/C15H14N2O3S/c18-12-6-8-13(9-7-12)21-10-14(19)16-17-15(20)11-4-2-1-3-5-11/h1-9,18H,10H2,(H,16,19)(H,17,20). The van der Waals surface area contributed by atoms with Crippen LogP contribution in [0.5, 0.6) is 5.75 Å². The first-order valence-electron chi connectivity index (χ1n) is 6.21. The summed E-state index contributed by atoms with van der Waals surface area (Å²) in [4.78, 5) is 24.2. The van der Waals surface area contributed by atoms with Crippen LogP contribution in [0.4, 0.5) is 0 Å². The first-order valence-corrected chi connectivity index (χ1v) is 7.20. The largest absolute Gasteiger partial charge is 0.508 e. The maximum Gasteiger partial charge on any atom is 0.269 e. The zero-order chi connectivity index (χ0) is 15.1. The van der Waals surface area contributed by atoms with Gasteiger partial charge in [0.25, 0.3) is 5.91 Å². The molecular weight excluding hydrogens is 288 g/mol. The van der Waals surface area contributed by atoms with Gasteiger partial charge in [0.1, 0.15) is 5.75 Å². The van der Waals surface area contributed by atoms with Gasteiger partial charge in [-0.1, -0.05) is 18.2 Å². The zero-order valence-electron chi connectivity index (χ0n) is 11.1. The van der Waals surface area contributed by atoms with Crippen molar-refractivity contribution < 1.29 is 14.7 Å². The number of thioether (sulfide) groups is 1. The molecule has 0 aliphatic carbocycles. The number of hydrazine groups is 1. The van der Waals surface area contributed by atoms with Crippen LogP contribution in [-0.4, -0.2) is 22.7 Å². The summed E-state index contributed by atoms with van der Waals surface area (Å²) in [5.41, 5.74) is 5.18. The molecule has 2 aromatic rings. The van der Waals surface area contributed by atoms with Crippen molar-refractivity contribution in [2.45, 2.75) is 4.90 Å². The number of phenols is 1. The van der Waals surface area contributed by atoms with Gasteiger partial charge < -0.3 is 5.11 Å². The van der Waals surface area contributed by atoms with E-state index in [1.54, 1.807) is 48.5 Å². The third-order valence-corrected chi connectivity index (χ3v) is 3.57. The predicted molar refractivity (Wildman–Crippen MR) is 80.9 cm³/mol. The van der Waals surface area contributed by atoms with Gasteiger partial charge in [0.15, 0.2) is 0 Å². The van der Waals surface area contributed by atoms with E-state index >= 15 is 0 Å². The Labute approximate surface area is 126 Å². The topological polar surface area (TPSA) is 78.4 Å². The highest BCUT2D eigenvalue weighted by molar-refractivity contribution is 8.00. The first kappa shape index (κ1) is 14.9. The Morgan fingerprint density at radius 2 is 1.62 bits per heavy atom. The van der Waals surface area contributed by atoms with Crippen LogP contribution in [0.25, 0.3) is 0 Å². The highest BCUT2D eigenvalue weighted by Gasteiger charge is 2.07. The van der Waals surface area contributed by atoms with Crippen molar-refractivity contribution in [3.63, 3.8) is 0 Å². The van der Waals surface area contributed by atoms with Crippen LogP contribution in [-0.2, 0) is 4.79 Å². The summed E-state index contributed by atoms with van der Waals surface area (Å²) in [5.74, 6) is -0.324. The van der Waals surface area contributed by atoms with Crippen LogP contribution in [0, 0.1) is 0 Å². The summed E-state index contributed by atoms with van der Waals surface area (Å²) < 4.78 is 0. The summed E-state index contributed by atoms with van der Waals surface area (Å²) in [6.07, 6.45) is 0. The number of rotatable bonds is 4. The van der Waals surface area contributed by atoms with E-state index in [0.717, 1.165) is 4.90 Å². The normalized spacial score (nSPS) is 9.90. The van der Waals surface area contributed by atoms with Crippen molar-refractivity contribution in [2.75, 3.05) is 5.75 Å². The molecule has 5 nitrogen and oxygen atoms in total. The molecule has 108 valence electrons. The maximum atomic E-state index is 11.7. The molecule has 0 saturated heterocycles. The molecule has 2 rings (SSSR count). The molecule has 0 saturated carbocycles. The number of amides is 2. The average molecular weight is 302 g/mol. The summed E-state index contributed by atoms with van der Waals surface area (Å²) in [5, 5.41) is 9.15. The van der Waals surface area contributed by atoms with Gasteiger partial charge in [-0.15, -0.1) is 11.8 Å². The van der Waals surface area contributed by atoms with Crippen molar-refractivity contribution >= 4 is 23.6 Å². The molecule has 3 N–H and O–H groups in total. The van der Waals surface area contributed by atoms with Gasteiger partial charge in [0.2, 0.25) is 5.91 Å². The number of carbonyl (C=O) groups is 2. The molecule has 0 aromatic heterocycles. The number of aromatic hydroxyl groups is 1. The molecule has 0 aliphatic rings. The van der Waals surface area contributed by atoms with Gasteiger partial charge in [-0.3, -0.25) is 20.4 Å². The minimum atomic E-state index is -0.362. The van der Waals surface area contributed by atoms with E-state index in [0.29, 0.717) is 5.56 Å². The van der Waals surface area contributed by atoms with E-state index in [1.165, 1.54) is 11.8 Å². The highest BCUT2D eigenvalue weighted by atomic mass is 32.2. The number of nitrogens with one attached hydrogen (secondary N) is 2. The smallest absolute Gasteiger partial charge is 0.269 e. The van der Waals surface area contributed by atoms with Gasteiger partial charge in [0, 0.05) is 10.5 Å². The van der Waals surface area contributed by atoms with Crippen LogP contribution >= 0.6 is 11.8 Å². The average Bonchev–Trinajstić information content (AvgIpc) is 2.53. The lowest BCUT2D eigenvalue weighted by molar-refractivity contribution is -0.119. The summed E-state index contributed by atoms with van der Waals surface area (Å²) in [6.45, 7) is 0. The van der Waals surface area contributed by atoms with Gasteiger partial charge in [-0.05, 0) is 36.4 Å². The fourth-order valence-corrected chi connectivity index (χ4v) is 2.21. The van der Waals surface area contributed by atoms with Crippen LogP contribution in [0.3, 0.4) is 0 Å².